The van der Waals surface area contributed by atoms with E-state index < -0.39 is 5.97 Å². The van der Waals surface area contributed by atoms with Crippen LogP contribution in [0.15, 0.2) is 54.6 Å². The highest BCUT2D eigenvalue weighted by Gasteiger charge is 2.10. The number of anilines is 2. The molecule has 3 N–H and O–H groups in total. The molecule has 8 heteroatoms. The number of thiocarbonyl (C=S) groups is 1. The summed E-state index contributed by atoms with van der Waals surface area (Å²) in [6, 6.07) is 16.6. The fourth-order valence-electron chi connectivity index (χ4n) is 2.44. The summed E-state index contributed by atoms with van der Waals surface area (Å²) in [5, 5.41) is 8.13. The first-order valence-electron chi connectivity index (χ1n) is 9.10. The van der Waals surface area contributed by atoms with E-state index in [0.29, 0.717) is 17.8 Å². The normalized spacial score (nSPS) is 9.97. The number of rotatable bonds is 8. The maximum Gasteiger partial charge on any atom is 0.306 e. The highest BCUT2D eigenvalue weighted by Crippen LogP contribution is 2.14. The molecule has 0 aliphatic heterocycles. The van der Waals surface area contributed by atoms with Crippen LogP contribution >= 0.6 is 12.2 Å². The van der Waals surface area contributed by atoms with Gasteiger partial charge in [-0.05, 0) is 36.0 Å². The molecule has 0 spiro atoms. The molecule has 7 nitrogen and oxygen atoms in total. The highest BCUT2D eigenvalue weighted by atomic mass is 32.1. The van der Waals surface area contributed by atoms with Crippen LogP contribution in [0.4, 0.5) is 11.4 Å². The molecule has 152 valence electrons. The Morgan fingerprint density at radius 3 is 2.31 bits per heavy atom. The van der Waals surface area contributed by atoms with Gasteiger partial charge in [0.15, 0.2) is 5.11 Å². The monoisotopic (exact) mass is 413 g/mol. The first-order chi connectivity index (χ1) is 13.9. The third kappa shape index (κ3) is 8.98. The Kier molecular flexibility index (Phi) is 8.78. The van der Waals surface area contributed by atoms with Gasteiger partial charge < -0.3 is 20.7 Å². The van der Waals surface area contributed by atoms with Crippen LogP contribution in [0.1, 0.15) is 25.3 Å². The zero-order valence-corrected chi connectivity index (χ0v) is 16.9. The van der Waals surface area contributed by atoms with Gasteiger partial charge in [-0.2, -0.15) is 0 Å². The summed E-state index contributed by atoms with van der Waals surface area (Å²) in [6.45, 7) is 1.69. The van der Waals surface area contributed by atoms with Gasteiger partial charge in [-0.1, -0.05) is 36.4 Å². The molecule has 0 bridgehead atoms. The van der Waals surface area contributed by atoms with E-state index in [4.69, 9.17) is 17.0 Å². The van der Waals surface area contributed by atoms with E-state index in [0.717, 1.165) is 5.56 Å². The number of ether oxygens (including phenoxy) is 1. The Hall–Kier alpha value is -3.26. The molecule has 0 atom stereocenters. The molecule has 0 saturated heterocycles. The van der Waals surface area contributed by atoms with Gasteiger partial charge in [0.2, 0.25) is 11.8 Å². The summed E-state index contributed by atoms with van der Waals surface area (Å²) in [7, 11) is 0. The number of hydrogen-bond donors (Lipinski definition) is 3. The summed E-state index contributed by atoms with van der Waals surface area (Å²) < 4.78 is 5.14. The van der Waals surface area contributed by atoms with Crippen molar-refractivity contribution in [1.82, 2.24) is 5.32 Å². The fraction of sp³-hybridized carbons (Fsp3) is 0.238. The Balaban J connectivity index is 1.67. The van der Waals surface area contributed by atoms with E-state index in [1.807, 2.05) is 30.3 Å². The van der Waals surface area contributed by atoms with E-state index in [9.17, 15) is 14.4 Å². The van der Waals surface area contributed by atoms with Crippen LogP contribution < -0.4 is 16.0 Å². The molecule has 2 aromatic carbocycles. The van der Waals surface area contributed by atoms with Crippen LogP contribution in [0.2, 0.25) is 0 Å². The molecule has 0 fully saturated rings. The molecular weight excluding hydrogens is 390 g/mol. The molecule has 2 rings (SSSR count). The van der Waals surface area contributed by atoms with Gasteiger partial charge in [0.25, 0.3) is 0 Å². The number of amides is 2. The van der Waals surface area contributed by atoms with Crippen LogP contribution in [0.3, 0.4) is 0 Å². The Morgan fingerprint density at radius 2 is 1.62 bits per heavy atom. The quantitative estimate of drug-likeness (QED) is 0.455. The lowest BCUT2D eigenvalue weighted by molar-refractivity contribution is -0.144. The molecule has 29 heavy (non-hydrogen) atoms. The van der Waals surface area contributed by atoms with Gasteiger partial charge >= 0.3 is 5.97 Å². The Labute approximate surface area is 174 Å². The van der Waals surface area contributed by atoms with Gasteiger partial charge in [-0.3, -0.25) is 14.4 Å². The summed E-state index contributed by atoms with van der Waals surface area (Å²) in [5.74, 6) is -1.01. The second-order valence-corrected chi connectivity index (χ2v) is 6.63. The lowest BCUT2D eigenvalue weighted by atomic mass is 10.2. The smallest absolute Gasteiger partial charge is 0.306 e. The third-order valence-electron chi connectivity index (χ3n) is 3.75. The molecule has 0 aliphatic rings. The number of carbonyl (C=O) groups is 3. The van der Waals surface area contributed by atoms with Crippen molar-refractivity contribution < 1.29 is 19.1 Å². The maximum absolute atomic E-state index is 12.0. The van der Waals surface area contributed by atoms with E-state index >= 15 is 0 Å². The van der Waals surface area contributed by atoms with E-state index in [-0.39, 0.29) is 36.4 Å². The zero-order valence-electron chi connectivity index (χ0n) is 16.1. The van der Waals surface area contributed by atoms with Gasteiger partial charge in [-0.15, -0.1) is 0 Å². The van der Waals surface area contributed by atoms with Crippen LogP contribution in [0.5, 0.6) is 0 Å². The van der Waals surface area contributed by atoms with Gasteiger partial charge in [0, 0.05) is 31.1 Å². The Morgan fingerprint density at radius 1 is 0.931 bits per heavy atom. The van der Waals surface area contributed by atoms with Crippen LogP contribution in [-0.2, 0) is 25.5 Å². The molecule has 0 aromatic heterocycles. The number of esters is 1. The second kappa shape index (κ2) is 11.6. The first kappa shape index (κ1) is 22.0. The second-order valence-electron chi connectivity index (χ2n) is 6.22. The largest absolute Gasteiger partial charge is 0.465 e. The Bertz CT molecular complexity index is 871. The summed E-state index contributed by atoms with van der Waals surface area (Å²) >= 11 is 5.10. The first-order valence-corrected chi connectivity index (χ1v) is 9.51. The molecule has 0 unspecified atom stereocenters. The van der Waals surface area contributed by atoms with E-state index in [1.54, 1.807) is 24.3 Å². The molecule has 0 saturated carbocycles. The van der Waals surface area contributed by atoms with Gasteiger partial charge in [0.1, 0.15) is 0 Å². The SMILES string of the molecule is CC(=O)Nc1cccc(NC(=S)NC(=O)CCC(=O)OCCc2ccccc2)c1. The summed E-state index contributed by atoms with van der Waals surface area (Å²) in [6.07, 6.45) is 0.573. The average Bonchev–Trinajstić information content (AvgIpc) is 2.67. The summed E-state index contributed by atoms with van der Waals surface area (Å²) in [5.41, 5.74) is 2.30. The molecule has 0 radical (unpaired) electrons. The van der Waals surface area contributed by atoms with Crippen molar-refractivity contribution in [3.8, 4) is 0 Å². The standard InChI is InChI=1S/C21H23N3O4S/c1-15(25)22-17-8-5-9-18(14-17)23-21(29)24-19(26)10-11-20(27)28-13-12-16-6-3-2-4-7-16/h2-9,14H,10-13H2,1H3,(H,22,25)(H2,23,24,26,29). The van der Waals surface area contributed by atoms with Crippen molar-refractivity contribution in [2.45, 2.75) is 26.2 Å². The molecular formula is C21H23N3O4S. The number of nitrogens with one attached hydrogen (secondary N) is 3. The number of hydrogen-bond acceptors (Lipinski definition) is 5. The minimum Gasteiger partial charge on any atom is -0.465 e. The van der Waals surface area contributed by atoms with E-state index in [2.05, 4.69) is 16.0 Å². The van der Waals surface area contributed by atoms with Gasteiger partial charge in [0.05, 0.1) is 13.0 Å². The zero-order chi connectivity index (χ0) is 21.1. The molecule has 0 heterocycles. The van der Waals surface area contributed by atoms with Crippen molar-refractivity contribution in [2.75, 3.05) is 17.2 Å². The van der Waals surface area contributed by atoms with Crippen LogP contribution in [0.25, 0.3) is 0 Å². The third-order valence-corrected chi connectivity index (χ3v) is 3.95. The average molecular weight is 413 g/mol. The van der Waals surface area contributed by atoms with Crippen molar-refractivity contribution in [3.05, 3.63) is 60.2 Å². The molecule has 0 aliphatic carbocycles. The van der Waals surface area contributed by atoms with Crippen LogP contribution in [0, 0.1) is 0 Å². The number of carbonyl (C=O) groups excluding carboxylic acids is 3. The van der Waals surface area contributed by atoms with Crippen LogP contribution in [-0.4, -0.2) is 29.5 Å². The highest BCUT2D eigenvalue weighted by molar-refractivity contribution is 7.80. The minimum atomic E-state index is -0.432. The topological polar surface area (TPSA) is 96.5 Å². The van der Waals surface area contributed by atoms with Crippen molar-refractivity contribution >= 4 is 46.5 Å². The minimum absolute atomic E-state index is 0.0265. The summed E-state index contributed by atoms with van der Waals surface area (Å²) in [4.78, 5) is 34.8. The fourth-order valence-corrected chi connectivity index (χ4v) is 2.68. The molecule has 2 aromatic rings. The van der Waals surface area contributed by atoms with Crippen molar-refractivity contribution in [3.63, 3.8) is 0 Å². The predicted molar refractivity (Wildman–Crippen MR) is 115 cm³/mol. The van der Waals surface area contributed by atoms with Crippen molar-refractivity contribution in [2.24, 2.45) is 0 Å². The predicted octanol–water partition coefficient (Wildman–Crippen LogP) is 3.02. The lowest BCUT2D eigenvalue weighted by Gasteiger charge is -2.11. The van der Waals surface area contributed by atoms with Gasteiger partial charge in [-0.25, -0.2) is 0 Å². The van der Waals surface area contributed by atoms with Crippen molar-refractivity contribution in [1.29, 1.82) is 0 Å². The maximum atomic E-state index is 12.0. The van der Waals surface area contributed by atoms with E-state index in [1.165, 1.54) is 6.92 Å². The molecule has 2 amide bonds. The number of benzene rings is 2. The lowest BCUT2D eigenvalue weighted by Crippen LogP contribution is -2.34.